The molecule has 0 radical (unpaired) electrons. The number of urea groups is 1. The van der Waals surface area contributed by atoms with Gasteiger partial charge in [0.15, 0.2) is 5.75 Å². The second kappa shape index (κ2) is 9.94. The van der Waals surface area contributed by atoms with E-state index >= 15 is 0 Å². The highest BCUT2D eigenvalue weighted by Gasteiger charge is 2.37. The number of nitrogens with one attached hydrogen (secondary N) is 1. The average molecular weight is 641 g/mol. The molecule has 3 aromatic carbocycles. The van der Waals surface area contributed by atoms with Gasteiger partial charge >= 0.3 is 16.1 Å². The Morgan fingerprint density at radius 1 is 0.943 bits per heavy atom. The van der Waals surface area contributed by atoms with Crippen molar-refractivity contribution in [1.82, 2.24) is 5.32 Å². The van der Waals surface area contributed by atoms with Gasteiger partial charge in [-0.1, -0.05) is 51.8 Å². The fourth-order valence-electron chi connectivity index (χ4n) is 3.18. The molecule has 1 heterocycles. The van der Waals surface area contributed by atoms with Crippen LogP contribution in [0.1, 0.15) is 5.56 Å². The molecule has 4 amide bonds. The second-order valence-electron chi connectivity index (χ2n) is 7.09. The van der Waals surface area contributed by atoms with E-state index in [1.807, 2.05) is 0 Å². The number of hydrogen-bond acceptors (Lipinski definition) is 6. The highest BCUT2D eigenvalue weighted by molar-refractivity contribution is 9.11. The molecule has 0 saturated carbocycles. The van der Waals surface area contributed by atoms with Crippen molar-refractivity contribution >= 4 is 83.2 Å². The molecule has 1 saturated heterocycles. The number of amides is 4. The Kier molecular flexibility index (Phi) is 7.13. The highest BCUT2D eigenvalue weighted by atomic mass is 79.9. The van der Waals surface area contributed by atoms with Gasteiger partial charge in [-0.2, -0.15) is 8.42 Å². The SMILES string of the molecule is O=C1NC(=O)N(c2cccc(Cl)c2)C(=O)/C1=C/c1cc(Br)cc(Br)c1OS(=O)(=O)c1ccccc1. The van der Waals surface area contributed by atoms with Gasteiger partial charge in [-0.3, -0.25) is 14.9 Å². The summed E-state index contributed by atoms with van der Waals surface area (Å²) in [5.41, 5.74) is -0.182. The highest BCUT2D eigenvalue weighted by Crippen LogP contribution is 2.37. The van der Waals surface area contributed by atoms with Crippen molar-refractivity contribution < 1.29 is 27.0 Å². The van der Waals surface area contributed by atoms with Gasteiger partial charge in [-0.15, -0.1) is 0 Å². The molecule has 1 aliphatic heterocycles. The van der Waals surface area contributed by atoms with Gasteiger partial charge in [0.1, 0.15) is 10.5 Å². The molecule has 3 aromatic rings. The van der Waals surface area contributed by atoms with Crippen LogP contribution in [-0.2, 0) is 19.7 Å². The minimum atomic E-state index is -4.25. The van der Waals surface area contributed by atoms with Gasteiger partial charge in [0, 0.05) is 15.1 Å². The third-order valence-corrected chi connectivity index (χ3v) is 7.25. The van der Waals surface area contributed by atoms with Gasteiger partial charge in [0.2, 0.25) is 0 Å². The fraction of sp³-hybridized carbons (Fsp3) is 0. The van der Waals surface area contributed by atoms with Crippen LogP contribution < -0.4 is 14.4 Å². The van der Waals surface area contributed by atoms with Crippen LogP contribution in [0.4, 0.5) is 10.5 Å². The largest absolute Gasteiger partial charge is 0.377 e. The molecule has 0 aromatic heterocycles. The zero-order chi connectivity index (χ0) is 25.3. The molecule has 0 spiro atoms. The lowest BCUT2D eigenvalue weighted by molar-refractivity contribution is -0.122. The summed E-state index contributed by atoms with van der Waals surface area (Å²) in [7, 11) is -4.25. The maximum atomic E-state index is 13.2. The summed E-state index contributed by atoms with van der Waals surface area (Å²) in [6.07, 6.45) is 1.15. The predicted molar refractivity (Wildman–Crippen MR) is 137 cm³/mol. The van der Waals surface area contributed by atoms with Crippen LogP contribution in [0, 0.1) is 0 Å². The normalized spacial score (nSPS) is 15.3. The molecule has 1 N–H and O–H groups in total. The van der Waals surface area contributed by atoms with Gasteiger partial charge in [0.05, 0.1) is 10.2 Å². The van der Waals surface area contributed by atoms with E-state index in [-0.39, 0.29) is 31.4 Å². The minimum Gasteiger partial charge on any atom is -0.377 e. The topological polar surface area (TPSA) is 110 Å². The molecule has 0 atom stereocenters. The second-order valence-corrected chi connectivity index (χ2v) is 10.8. The zero-order valence-corrected chi connectivity index (χ0v) is 22.1. The van der Waals surface area contributed by atoms with Gasteiger partial charge in [-0.05, 0) is 64.5 Å². The molecule has 0 aliphatic carbocycles. The van der Waals surface area contributed by atoms with Crippen LogP contribution in [0.2, 0.25) is 5.02 Å². The molecule has 1 fully saturated rings. The number of nitrogens with zero attached hydrogens (tertiary/aromatic N) is 1. The van der Waals surface area contributed by atoms with E-state index < -0.39 is 33.5 Å². The summed E-state index contributed by atoms with van der Waals surface area (Å²) >= 11 is 12.6. The zero-order valence-electron chi connectivity index (χ0n) is 17.4. The Balaban J connectivity index is 1.80. The number of barbiturate groups is 1. The summed E-state index contributed by atoms with van der Waals surface area (Å²) in [6.45, 7) is 0. The fourth-order valence-corrected chi connectivity index (χ4v) is 5.81. The van der Waals surface area contributed by atoms with E-state index in [4.69, 9.17) is 15.8 Å². The minimum absolute atomic E-state index is 0.0855. The maximum absolute atomic E-state index is 13.2. The first-order valence-electron chi connectivity index (χ1n) is 9.72. The van der Waals surface area contributed by atoms with Crippen LogP contribution >= 0.6 is 43.5 Å². The summed E-state index contributed by atoms with van der Waals surface area (Å²) in [6, 6.07) is 15.5. The van der Waals surface area contributed by atoms with E-state index in [2.05, 4.69) is 37.2 Å². The molecular weight excluding hydrogens is 628 g/mol. The first-order chi connectivity index (χ1) is 16.6. The number of carbonyl (C=O) groups is 3. The molecule has 8 nitrogen and oxygen atoms in total. The molecule has 1 aliphatic rings. The summed E-state index contributed by atoms with van der Waals surface area (Å²) in [4.78, 5) is 38.9. The van der Waals surface area contributed by atoms with Crippen LogP contribution in [0.3, 0.4) is 0 Å². The smallest absolute Gasteiger partial charge is 0.339 e. The number of rotatable bonds is 5. The van der Waals surface area contributed by atoms with Crippen LogP contribution in [0.15, 0.2) is 86.1 Å². The van der Waals surface area contributed by atoms with Crippen molar-refractivity contribution in [2.24, 2.45) is 0 Å². The van der Waals surface area contributed by atoms with Crippen molar-refractivity contribution in [3.8, 4) is 5.75 Å². The van der Waals surface area contributed by atoms with E-state index in [0.717, 1.165) is 11.0 Å². The first-order valence-corrected chi connectivity index (χ1v) is 13.1. The Bertz CT molecular complexity index is 1510. The van der Waals surface area contributed by atoms with Crippen molar-refractivity contribution in [1.29, 1.82) is 0 Å². The lowest BCUT2D eigenvalue weighted by Gasteiger charge is -2.26. The molecule has 178 valence electrons. The number of carbonyl (C=O) groups excluding carboxylic acids is 3. The lowest BCUT2D eigenvalue weighted by Crippen LogP contribution is -2.54. The quantitative estimate of drug-likeness (QED) is 0.230. The Morgan fingerprint density at radius 2 is 1.66 bits per heavy atom. The summed E-state index contributed by atoms with van der Waals surface area (Å²) < 4.78 is 31.8. The van der Waals surface area contributed by atoms with Gasteiger partial charge < -0.3 is 4.18 Å². The standard InChI is InChI=1S/C23H13Br2ClN2O6S/c24-14-9-13(20(19(25)11-14)34-35(32,33)17-7-2-1-3-8-17)10-18-21(29)27-23(31)28(22(18)30)16-6-4-5-15(26)12-16/h1-12H,(H,27,29,31)/b18-10+. The third kappa shape index (κ3) is 5.32. The molecule has 4 rings (SSSR count). The third-order valence-electron chi connectivity index (χ3n) is 4.73. The van der Waals surface area contributed by atoms with E-state index in [1.54, 1.807) is 36.4 Å². The van der Waals surface area contributed by atoms with Crippen LogP contribution in [0.5, 0.6) is 5.75 Å². The van der Waals surface area contributed by atoms with Gasteiger partial charge in [-0.25, -0.2) is 9.69 Å². The van der Waals surface area contributed by atoms with Crippen molar-refractivity contribution in [2.75, 3.05) is 4.90 Å². The monoisotopic (exact) mass is 638 g/mol. The molecule has 0 bridgehead atoms. The van der Waals surface area contributed by atoms with Crippen LogP contribution in [-0.4, -0.2) is 26.3 Å². The van der Waals surface area contributed by atoms with Crippen molar-refractivity contribution in [3.63, 3.8) is 0 Å². The Hall–Kier alpha value is -2.99. The van der Waals surface area contributed by atoms with E-state index in [0.29, 0.717) is 4.47 Å². The van der Waals surface area contributed by atoms with E-state index in [9.17, 15) is 22.8 Å². The number of halogens is 3. The summed E-state index contributed by atoms with van der Waals surface area (Å²) in [5, 5.41) is 2.39. The molecule has 0 unspecified atom stereocenters. The number of anilines is 1. The first kappa shape index (κ1) is 25.1. The molecular formula is C23H13Br2ClN2O6S. The van der Waals surface area contributed by atoms with Crippen LogP contribution in [0.25, 0.3) is 6.08 Å². The number of imide groups is 2. The molecule has 12 heteroatoms. The van der Waals surface area contributed by atoms with Crippen molar-refractivity contribution in [2.45, 2.75) is 4.90 Å². The molecule has 35 heavy (non-hydrogen) atoms. The maximum Gasteiger partial charge on any atom is 0.339 e. The Morgan fingerprint density at radius 3 is 2.34 bits per heavy atom. The lowest BCUT2D eigenvalue weighted by atomic mass is 10.1. The predicted octanol–water partition coefficient (Wildman–Crippen LogP) is 5.30. The Labute approximate surface area is 221 Å². The summed E-state index contributed by atoms with van der Waals surface area (Å²) in [5.74, 6) is -2.03. The average Bonchev–Trinajstić information content (AvgIpc) is 2.79. The number of hydrogen-bond donors (Lipinski definition) is 1. The van der Waals surface area contributed by atoms with Crippen molar-refractivity contribution in [3.05, 3.63) is 91.8 Å². The van der Waals surface area contributed by atoms with E-state index in [1.165, 1.54) is 30.3 Å². The number of benzene rings is 3. The van der Waals surface area contributed by atoms with Gasteiger partial charge in [0.25, 0.3) is 11.8 Å².